The molecule has 1 amide bonds. The molecular weight excluding hydrogens is 503 g/mol. The topological polar surface area (TPSA) is 76.1 Å². The van der Waals surface area contributed by atoms with E-state index in [1.165, 1.54) is 0 Å². The summed E-state index contributed by atoms with van der Waals surface area (Å²) in [5.41, 5.74) is 6.97. The van der Waals surface area contributed by atoms with Crippen LogP contribution in [0.1, 0.15) is 33.6 Å². The first kappa shape index (κ1) is 27.2. The fraction of sp³-hybridized carbons (Fsp3) is 0.233. The van der Waals surface area contributed by atoms with Crippen LogP contribution in [0, 0.1) is 13.8 Å². The van der Waals surface area contributed by atoms with Gasteiger partial charge in [0.15, 0.2) is 0 Å². The highest BCUT2D eigenvalue weighted by Crippen LogP contribution is 2.39. The van der Waals surface area contributed by atoms with Crippen molar-refractivity contribution >= 4 is 23.2 Å². The van der Waals surface area contributed by atoms with Gasteiger partial charge in [0.1, 0.15) is 11.4 Å². The van der Waals surface area contributed by atoms with E-state index in [4.69, 9.17) is 16.3 Å². The molecule has 0 bridgehead atoms. The number of alkyl halides is 1. The molecule has 8 heteroatoms. The molecule has 0 radical (unpaired) electrons. The third-order valence-electron chi connectivity index (χ3n) is 6.27. The lowest BCUT2D eigenvalue weighted by Gasteiger charge is -2.16. The number of carbonyl (C=O) groups is 1. The standard InChI is InChI=1S/C30H30ClFN4O2/c1-19-8-11-26(35-17-19)30(37)36-25-7-4-6-23(20(25)2)24-12-15-34-29(28(24)31)21-9-10-22(27(16-21)38-3)18-33-14-5-13-32/h4,6-12,15-17,33H,5,13-14,18H2,1-3H3,(H,36,37). The summed E-state index contributed by atoms with van der Waals surface area (Å²) in [6.07, 6.45) is 3.86. The Morgan fingerprint density at radius 2 is 1.89 bits per heavy atom. The summed E-state index contributed by atoms with van der Waals surface area (Å²) in [5.74, 6) is 0.419. The summed E-state index contributed by atoms with van der Waals surface area (Å²) in [4.78, 5) is 21.5. The number of carbonyl (C=O) groups excluding carboxylic acids is 1. The lowest BCUT2D eigenvalue weighted by molar-refractivity contribution is 0.102. The van der Waals surface area contributed by atoms with E-state index in [1.807, 2.05) is 62.4 Å². The van der Waals surface area contributed by atoms with E-state index < -0.39 is 0 Å². The smallest absolute Gasteiger partial charge is 0.274 e. The number of methoxy groups -OCH3 is 1. The Morgan fingerprint density at radius 1 is 1.05 bits per heavy atom. The molecule has 0 unspecified atom stereocenters. The maximum atomic E-state index is 12.8. The van der Waals surface area contributed by atoms with E-state index in [1.54, 1.807) is 25.6 Å². The van der Waals surface area contributed by atoms with Crippen LogP contribution in [0.3, 0.4) is 0 Å². The number of halogens is 2. The average Bonchev–Trinajstić information content (AvgIpc) is 2.93. The van der Waals surface area contributed by atoms with Crippen molar-refractivity contribution in [2.45, 2.75) is 26.8 Å². The van der Waals surface area contributed by atoms with Gasteiger partial charge in [0.05, 0.1) is 24.5 Å². The van der Waals surface area contributed by atoms with Gasteiger partial charge in [-0.3, -0.25) is 19.2 Å². The van der Waals surface area contributed by atoms with Gasteiger partial charge in [0, 0.05) is 41.3 Å². The molecule has 2 aromatic carbocycles. The number of amides is 1. The molecule has 4 aromatic rings. The number of anilines is 1. The van der Waals surface area contributed by atoms with Crippen LogP contribution in [0.15, 0.2) is 67.0 Å². The second-order valence-corrected chi connectivity index (χ2v) is 9.30. The molecule has 2 heterocycles. The van der Waals surface area contributed by atoms with Gasteiger partial charge in [-0.2, -0.15) is 0 Å². The number of nitrogens with zero attached hydrogens (tertiary/aromatic N) is 2. The molecule has 0 aliphatic rings. The zero-order chi connectivity index (χ0) is 27.1. The summed E-state index contributed by atoms with van der Waals surface area (Å²) in [5, 5.41) is 6.68. The van der Waals surface area contributed by atoms with Crippen molar-refractivity contribution in [2.75, 3.05) is 25.6 Å². The summed E-state index contributed by atoms with van der Waals surface area (Å²) in [6.45, 7) is 4.69. The first-order valence-electron chi connectivity index (χ1n) is 12.4. The fourth-order valence-corrected chi connectivity index (χ4v) is 4.48. The highest BCUT2D eigenvalue weighted by Gasteiger charge is 2.17. The number of ether oxygens (including phenoxy) is 1. The Kier molecular flexibility index (Phi) is 9.05. The maximum absolute atomic E-state index is 12.8. The van der Waals surface area contributed by atoms with Crippen molar-refractivity contribution in [3.63, 3.8) is 0 Å². The SMILES string of the molecule is COc1cc(-c2nccc(-c3cccc(NC(=O)c4ccc(C)cn4)c3C)c2Cl)ccc1CNCCCF. The second-order valence-electron chi connectivity index (χ2n) is 8.92. The number of pyridine rings is 2. The Balaban J connectivity index is 1.62. The average molecular weight is 533 g/mol. The van der Waals surface area contributed by atoms with E-state index in [0.717, 1.165) is 33.4 Å². The Labute approximate surface area is 227 Å². The number of benzene rings is 2. The third-order valence-corrected chi connectivity index (χ3v) is 6.65. The van der Waals surface area contributed by atoms with Gasteiger partial charge in [-0.1, -0.05) is 41.9 Å². The monoisotopic (exact) mass is 532 g/mol. The van der Waals surface area contributed by atoms with E-state index in [0.29, 0.717) is 47.4 Å². The summed E-state index contributed by atoms with van der Waals surface area (Å²) >= 11 is 6.92. The number of hydrogen-bond acceptors (Lipinski definition) is 5. The quantitative estimate of drug-likeness (QED) is 0.220. The zero-order valence-corrected chi connectivity index (χ0v) is 22.4. The Bertz CT molecular complexity index is 1430. The van der Waals surface area contributed by atoms with E-state index in [-0.39, 0.29) is 12.6 Å². The molecule has 6 nitrogen and oxygen atoms in total. The predicted molar refractivity (Wildman–Crippen MR) is 151 cm³/mol. The summed E-state index contributed by atoms with van der Waals surface area (Å²) in [7, 11) is 1.62. The first-order chi connectivity index (χ1) is 18.4. The molecule has 2 aromatic heterocycles. The van der Waals surface area contributed by atoms with Crippen LogP contribution < -0.4 is 15.4 Å². The molecule has 38 heavy (non-hydrogen) atoms. The van der Waals surface area contributed by atoms with Crippen LogP contribution in [0.4, 0.5) is 10.1 Å². The normalized spacial score (nSPS) is 10.9. The summed E-state index contributed by atoms with van der Waals surface area (Å²) < 4.78 is 18.0. The number of aromatic nitrogens is 2. The number of aryl methyl sites for hydroxylation is 1. The van der Waals surface area contributed by atoms with Crippen LogP contribution in [0.5, 0.6) is 5.75 Å². The van der Waals surface area contributed by atoms with Crippen molar-refractivity contribution in [1.82, 2.24) is 15.3 Å². The molecular formula is C30H30ClFN4O2. The van der Waals surface area contributed by atoms with Crippen LogP contribution in [0.2, 0.25) is 5.02 Å². The van der Waals surface area contributed by atoms with E-state index >= 15 is 0 Å². The Morgan fingerprint density at radius 3 is 2.63 bits per heavy atom. The van der Waals surface area contributed by atoms with Gasteiger partial charge < -0.3 is 15.4 Å². The summed E-state index contributed by atoms with van der Waals surface area (Å²) in [6, 6.07) is 16.9. The second kappa shape index (κ2) is 12.6. The maximum Gasteiger partial charge on any atom is 0.274 e. The van der Waals surface area contributed by atoms with Crippen molar-refractivity contribution in [3.8, 4) is 28.1 Å². The lowest BCUT2D eigenvalue weighted by atomic mass is 9.97. The van der Waals surface area contributed by atoms with Gasteiger partial charge in [-0.25, -0.2) is 0 Å². The van der Waals surface area contributed by atoms with Crippen LogP contribution in [-0.4, -0.2) is 36.2 Å². The molecule has 0 saturated heterocycles. The van der Waals surface area contributed by atoms with Gasteiger partial charge >= 0.3 is 0 Å². The van der Waals surface area contributed by atoms with Crippen molar-refractivity contribution < 1.29 is 13.9 Å². The number of nitrogens with one attached hydrogen (secondary N) is 2. The van der Waals surface area contributed by atoms with Crippen LogP contribution in [-0.2, 0) is 6.54 Å². The van der Waals surface area contributed by atoms with Gasteiger partial charge in [-0.15, -0.1) is 0 Å². The fourth-order valence-electron chi connectivity index (χ4n) is 4.16. The minimum absolute atomic E-state index is 0.280. The third kappa shape index (κ3) is 6.18. The molecule has 0 aliphatic carbocycles. The molecule has 0 aliphatic heterocycles. The highest BCUT2D eigenvalue weighted by atomic mass is 35.5. The highest BCUT2D eigenvalue weighted by molar-refractivity contribution is 6.35. The largest absolute Gasteiger partial charge is 0.496 e. The van der Waals surface area contributed by atoms with Gasteiger partial charge in [0.2, 0.25) is 0 Å². The zero-order valence-electron chi connectivity index (χ0n) is 21.6. The Hall–Kier alpha value is -3.81. The molecule has 0 saturated carbocycles. The van der Waals surface area contributed by atoms with Crippen LogP contribution in [0.25, 0.3) is 22.4 Å². The molecule has 0 spiro atoms. The molecule has 196 valence electrons. The van der Waals surface area contributed by atoms with Gasteiger partial charge in [-0.05, 0) is 67.8 Å². The van der Waals surface area contributed by atoms with Crippen molar-refractivity contribution in [3.05, 3.63) is 94.4 Å². The molecule has 4 rings (SSSR count). The van der Waals surface area contributed by atoms with Crippen molar-refractivity contribution in [2.24, 2.45) is 0 Å². The minimum atomic E-state index is -0.345. The minimum Gasteiger partial charge on any atom is -0.496 e. The molecule has 0 fully saturated rings. The van der Waals surface area contributed by atoms with E-state index in [2.05, 4.69) is 20.6 Å². The number of hydrogen-bond donors (Lipinski definition) is 2. The molecule has 2 N–H and O–H groups in total. The number of rotatable bonds is 10. The first-order valence-corrected chi connectivity index (χ1v) is 12.7. The van der Waals surface area contributed by atoms with E-state index in [9.17, 15) is 9.18 Å². The van der Waals surface area contributed by atoms with Gasteiger partial charge in [0.25, 0.3) is 5.91 Å². The lowest BCUT2D eigenvalue weighted by Crippen LogP contribution is -2.15. The predicted octanol–water partition coefficient (Wildman–Crippen LogP) is 6.79. The van der Waals surface area contributed by atoms with Crippen LogP contribution >= 0.6 is 11.6 Å². The molecule has 0 atom stereocenters. The van der Waals surface area contributed by atoms with Crippen molar-refractivity contribution in [1.29, 1.82) is 0 Å².